The van der Waals surface area contributed by atoms with E-state index in [-0.39, 0.29) is 65.7 Å². The fourth-order valence-electron chi connectivity index (χ4n) is 9.08. The zero-order chi connectivity index (χ0) is 42.3. The summed E-state index contributed by atoms with van der Waals surface area (Å²) in [6.07, 6.45) is -8.05. The number of hydrogen-bond acceptors (Lipinski definition) is 6. The van der Waals surface area contributed by atoms with Gasteiger partial charge in [0.25, 0.3) is 5.91 Å². The van der Waals surface area contributed by atoms with Crippen molar-refractivity contribution >= 4 is 40.9 Å². The summed E-state index contributed by atoms with van der Waals surface area (Å²) in [5.41, 5.74) is -2.51. The fourth-order valence-corrected chi connectivity index (χ4v) is 9.38. The number of ether oxygens (including phenoxy) is 2. The van der Waals surface area contributed by atoms with E-state index >= 15 is 0 Å². The van der Waals surface area contributed by atoms with Crippen molar-refractivity contribution in [1.82, 2.24) is 19.6 Å². The van der Waals surface area contributed by atoms with Crippen LogP contribution in [0.5, 0.6) is 0 Å². The highest BCUT2D eigenvalue weighted by Crippen LogP contribution is 2.48. The Balaban J connectivity index is 1.07. The van der Waals surface area contributed by atoms with Crippen LogP contribution in [0.4, 0.5) is 26.3 Å². The van der Waals surface area contributed by atoms with Gasteiger partial charge in [0.1, 0.15) is 12.2 Å². The number of carbonyl (C=O) groups is 3. The SMILES string of the molecule is CC(=O)N1CCN(C(=O)CO[C@H]2Cc3ccccc3C23CCN(CC[C@@]2(c4ccc(Cl)c(Cl)c4)CN(C(=O)c4cc(C(F)(F)F)cc(C(F)(F)F)c4)CCO2)CC3)CC1. The van der Waals surface area contributed by atoms with Gasteiger partial charge in [0.15, 0.2) is 0 Å². The number of halogens is 8. The molecule has 0 unspecified atom stereocenters. The maximum Gasteiger partial charge on any atom is 0.416 e. The van der Waals surface area contributed by atoms with Gasteiger partial charge in [0.2, 0.25) is 11.8 Å². The molecule has 3 aromatic carbocycles. The molecule has 9 nitrogen and oxygen atoms in total. The second-order valence-corrected chi connectivity index (χ2v) is 16.6. The first kappa shape index (κ1) is 43.2. The lowest BCUT2D eigenvalue weighted by Crippen LogP contribution is -2.54. The minimum absolute atomic E-state index is 0.00261. The monoisotopic (exact) mass is 868 g/mol. The first-order valence-corrected chi connectivity index (χ1v) is 20.3. The summed E-state index contributed by atoms with van der Waals surface area (Å²) in [6.45, 7) is 4.83. The summed E-state index contributed by atoms with van der Waals surface area (Å²) in [5, 5.41) is 0.483. The van der Waals surface area contributed by atoms with Gasteiger partial charge in [-0.1, -0.05) is 53.5 Å². The molecular formula is C42H44Cl2F6N4O5. The van der Waals surface area contributed by atoms with Crippen molar-refractivity contribution in [2.75, 3.05) is 72.1 Å². The number of amides is 3. The van der Waals surface area contributed by atoms with Gasteiger partial charge in [-0.2, -0.15) is 26.3 Å². The van der Waals surface area contributed by atoms with Gasteiger partial charge in [0, 0.05) is 57.2 Å². The molecule has 318 valence electrons. The Kier molecular flexibility index (Phi) is 12.4. The van der Waals surface area contributed by atoms with Crippen LogP contribution < -0.4 is 0 Å². The van der Waals surface area contributed by atoms with E-state index in [0.717, 1.165) is 12.8 Å². The number of piperazine rings is 1. The molecule has 0 N–H and O–H groups in total. The summed E-state index contributed by atoms with van der Waals surface area (Å²) < 4.78 is 95.3. The number of piperidine rings is 1. The molecule has 17 heteroatoms. The number of nitrogens with zero attached hydrogens (tertiary/aromatic N) is 4. The van der Waals surface area contributed by atoms with E-state index in [4.69, 9.17) is 32.7 Å². The van der Waals surface area contributed by atoms with Gasteiger partial charge in [0.05, 0.1) is 40.4 Å². The van der Waals surface area contributed by atoms with Crippen molar-refractivity contribution in [3.8, 4) is 0 Å². The Morgan fingerprint density at radius 1 is 0.797 bits per heavy atom. The van der Waals surface area contributed by atoms with Gasteiger partial charge in [-0.15, -0.1) is 0 Å². The zero-order valence-electron chi connectivity index (χ0n) is 32.3. The molecule has 3 aliphatic heterocycles. The van der Waals surface area contributed by atoms with Gasteiger partial charge in [-0.25, -0.2) is 0 Å². The molecule has 3 amide bonds. The largest absolute Gasteiger partial charge is 0.416 e. The standard InChI is InChI=1S/C42H44Cl2F6N4O5/c1-27(55)52-14-16-53(17-15-52)37(56)25-58-36-22-28-4-2-3-5-33(28)39(36)8-11-51(12-9-39)13-10-40(30-6-7-34(43)35(44)24-30)26-54(18-19-59-40)38(57)29-20-31(41(45,46)47)23-32(21-29)42(48,49)50/h2-7,20-21,23-24,36H,8-19,22,25-26H2,1H3/t36-,40-/m0/s1. The average Bonchev–Trinajstić information content (AvgIpc) is 3.51. The van der Waals surface area contributed by atoms with Crippen molar-refractivity contribution in [2.24, 2.45) is 0 Å². The molecule has 0 bridgehead atoms. The molecule has 7 rings (SSSR count). The third-order valence-corrected chi connectivity index (χ3v) is 13.1. The van der Waals surface area contributed by atoms with Crippen molar-refractivity contribution in [1.29, 1.82) is 0 Å². The molecule has 0 aromatic heterocycles. The topological polar surface area (TPSA) is 82.6 Å². The minimum atomic E-state index is -5.11. The summed E-state index contributed by atoms with van der Waals surface area (Å²) in [5.74, 6) is -1.12. The summed E-state index contributed by atoms with van der Waals surface area (Å²) in [7, 11) is 0. The highest BCUT2D eigenvalue weighted by molar-refractivity contribution is 6.42. The van der Waals surface area contributed by atoms with Crippen LogP contribution in [0.1, 0.15) is 64.4 Å². The van der Waals surface area contributed by atoms with Crippen LogP contribution in [0.3, 0.4) is 0 Å². The Morgan fingerprint density at radius 3 is 2.07 bits per heavy atom. The Morgan fingerprint density at radius 2 is 1.44 bits per heavy atom. The quantitative estimate of drug-likeness (QED) is 0.219. The van der Waals surface area contributed by atoms with Crippen LogP contribution in [-0.2, 0) is 48.9 Å². The van der Waals surface area contributed by atoms with Gasteiger partial charge in [-0.3, -0.25) is 14.4 Å². The van der Waals surface area contributed by atoms with Crippen LogP contribution >= 0.6 is 23.2 Å². The van der Waals surface area contributed by atoms with Crippen molar-refractivity contribution in [3.05, 3.63) is 104 Å². The highest BCUT2D eigenvalue weighted by Gasteiger charge is 2.50. The first-order chi connectivity index (χ1) is 27.9. The Labute approximate surface area is 348 Å². The second kappa shape index (κ2) is 16.9. The number of rotatable bonds is 8. The molecule has 0 saturated carbocycles. The normalized spacial score (nSPS) is 22.5. The number of alkyl halides is 6. The fraction of sp³-hybridized carbons (Fsp3) is 0.500. The molecule has 4 aliphatic rings. The van der Waals surface area contributed by atoms with E-state index in [1.165, 1.54) is 23.0 Å². The molecule has 3 saturated heterocycles. The number of carbonyl (C=O) groups excluding carboxylic acids is 3. The first-order valence-electron chi connectivity index (χ1n) is 19.5. The van der Waals surface area contributed by atoms with E-state index in [2.05, 4.69) is 17.0 Å². The molecule has 2 atom stereocenters. The van der Waals surface area contributed by atoms with Crippen LogP contribution in [0.15, 0.2) is 60.7 Å². The molecule has 59 heavy (non-hydrogen) atoms. The molecule has 1 aliphatic carbocycles. The highest BCUT2D eigenvalue weighted by atomic mass is 35.5. The van der Waals surface area contributed by atoms with Gasteiger partial charge in [-0.05, 0) is 85.8 Å². The molecule has 0 radical (unpaired) electrons. The van der Waals surface area contributed by atoms with Crippen LogP contribution in [0, 0.1) is 0 Å². The molecule has 3 fully saturated rings. The van der Waals surface area contributed by atoms with E-state index in [0.29, 0.717) is 76.4 Å². The van der Waals surface area contributed by atoms with Gasteiger partial charge < -0.3 is 29.1 Å². The van der Waals surface area contributed by atoms with Crippen molar-refractivity contribution in [3.63, 3.8) is 0 Å². The third kappa shape index (κ3) is 9.09. The Bertz CT molecular complexity index is 2040. The van der Waals surface area contributed by atoms with Crippen LogP contribution in [0.25, 0.3) is 0 Å². The lowest BCUT2D eigenvalue weighted by atomic mass is 9.72. The Hall–Kier alpha value is -3.89. The molecular weight excluding hydrogens is 825 g/mol. The maximum absolute atomic E-state index is 13.8. The average molecular weight is 870 g/mol. The number of hydrogen-bond donors (Lipinski definition) is 0. The number of benzene rings is 3. The lowest BCUT2D eigenvalue weighted by Gasteiger charge is -2.46. The second-order valence-electron chi connectivity index (χ2n) is 15.8. The maximum atomic E-state index is 13.8. The third-order valence-electron chi connectivity index (χ3n) is 12.4. The number of likely N-dealkylation sites (tertiary alicyclic amines) is 1. The van der Waals surface area contributed by atoms with E-state index in [1.54, 1.807) is 28.0 Å². The number of fused-ring (bicyclic) bond motifs is 2. The lowest BCUT2D eigenvalue weighted by molar-refractivity contribution is -0.145. The zero-order valence-corrected chi connectivity index (χ0v) is 33.8. The summed E-state index contributed by atoms with van der Waals surface area (Å²) in [4.78, 5) is 45.8. The minimum Gasteiger partial charge on any atom is -0.367 e. The van der Waals surface area contributed by atoms with Gasteiger partial charge >= 0.3 is 12.4 Å². The summed E-state index contributed by atoms with van der Waals surface area (Å²) in [6, 6.07) is 14.0. The number of morpholine rings is 1. The molecule has 3 aromatic rings. The van der Waals surface area contributed by atoms with E-state index in [9.17, 15) is 40.7 Å². The molecule has 3 heterocycles. The van der Waals surface area contributed by atoms with E-state index < -0.39 is 40.6 Å². The smallest absolute Gasteiger partial charge is 0.367 e. The predicted molar refractivity (Wildman–Crippen MR) is 207 cm³/mol. The summed E-state index contributed by atoms with van der Waals surface area (Å²) >= 11 is 12.7. The molecule has 1 spiro atoms. The van der Waals surface area contributed by atoms with Crippen molar-refractivity contribution < 1.29 is 50.2 Å². The van der Waals surface area contributed by atoms with E-state index in [1.807, 2.05) is 12.1 Å². The van der Waals surface area contributed by atoms with Crippen LogP contribution in [0.2, 0.25) is 10.0 Å². The predicted octanol–water partition coefficient (Wildman–Crippen LogP) is 7.45. The van der Waals surface area contributed by atoms with Crippen molar-refractivity contribution in [2.45, 2.75) is 62.1 Å². The van der Waals surface area contributed by atoms with Crippen LogP contribution in [-0.4, -0.2) is 116 Å².